The quantitative estimate of drug-likeness (QED) is 0.803. The van der Waals surface area contributed by atoms with Crippen LogP contribution in [0.5, 0.6) is 0 Å². The average molecular weight is 254 g/mol. The first-order valence-corrected chi connectivity index (χ1v) is 6.05. The lowest BCUT2D eigenvalue weighted by atomic mass is 10.1. The lowest BCUT2D eigenvalue weighted by molar-refractivity contribution is -0.116. The number of aromatic carboxylic acids is 1. The van der Waals surface area contributed by atoms with Crippen LogP contribution in [0, 0.1) is 0 Å². The normalized spacial score (nSPS) is 17.7. The number of aromatic nitrogens is 1. The summed E-state index contributed by atoms with van der Waals surface area (Å²) in [6.45, 7) is 6.06. The predicted octanol–water partition coefficient (Wildman–Crippen LogP) is 1.95. The van der Waals surface area contributed by atoms with Gasteiger partial charge >= 0.3 is 5.97 Å². The number of H-pyrrole nitrogens is 1. The van der Waals surface area contributed by atoms with Crippen LogP contribution in [-0.4, -0.2) is 33.3 Å². The van der Waals surface area contributed by atoms with Crippen LogP contribution in [0.15, 0.2) is 11.1 Å². The van der Waals surface area contributed by atoms with Crippen LogP contribution in [0.2, 0.25) is 0 Å². The second-order valence-corrected chi connectivity index (χ2v) is 6.37. The van der Waals surface area contributed by atoms with E-state index in [1.807, 2.05) is 13.8 Å². The molecule has 6 heteroatoms. The molecular weight excluding hydrogens is 240 g/mol. The maximum atomic E-state index is 11.6. The third kappa shape index (κ3) is 2.04. The van der Waals surface area contributed by atoms with E-state index in [1.165, 1.54) is 18.7 Å². The molecule has 0 radical (unpaired) electrons. The predicted molar refractivity (Wildman–Crippen MR) is 65.7 cm³/mol. The number of carbonyl (C=O) groups excluding carboxylic acids is 1. The van der Waals surface area contributed by atoms with E-state index in [1.54, 1.807) is 11.1 Å². The minimum Gasteiger partial charge on any atom is -0.477 e. The first kappa shape index (κ1) is 12.0. The van der Waals surface area contributed by atoms with Crippen molar-refractivity contribution in [2.45, 2.75) is 30.4 Å². The fraction of sp³-hybridized carbons (Fsp3) is 0.455. The highest BCUT2D eigenvalue weighted by Crippen LogP contribution is 2.46. The average Bonchev–Trinajstić information content (AvgIpc) is 2.57. The summed E-state index contributed by atoms with van der Waals surface area (Å²) in [5, 5.41) is 9.08. The number of fused-ring (bicyclic) bond motifs is 1. The van der Waals surface area contributed by atoms with Crippen molar-refractivity contribution < 1.29 is 14.7 Å². The summed E-state index contributed by atoms with van der Waals surface area (Å²) in [6.07, 6.45) is 1.59. The molecule has 0 saturated heterocycles. The second kappa shape index (κ2) is 3.80. The van der Waals surface area contributed by atoms with Gasteiger partial charge in [-0.15, -0.1) is 11.8 Å². The molecule has 2 rings (SSSR count). The molecule has 0 unspecified atom stereocenters. The highest BCUT2D eigenvalue weighted by atomic mass is 32.2. The van der Waals surface area contributed by atoms with Crippen molar-refractivity contribution in [3.05, 3.63) is 11.9 Å². The Balaban J connectivity index is 2.54. The molecular formula is C11H14N2O3S. The fourth-order valence-corrected chi connectivity index (χ4v) is 3.19. The zero-order valence-electron chi connectivity index (χ0n) is 9.90. The van der Waals surface area contributed by atoms with Crippen molar-refractivity contribution in [1.29, 1.82) is 0 Å². The van der Waals surface area contributed by atoms with Crippen LogP contribution >= 0.6 is 11.8 Å². The summed E-state index contributed by atoms with van der Waals surface area (Å²) in [5.41, 5.74) is 0.822. The third-order valence-corrected chi connectivity index (χ3v) is 3.91. The van der Waals surface area contributed by atoms with Gasteiger partial charge in [-0.2, -0.15) is 0 Å². The van der Waals surface area contributed by atoms with Crippen molar-refractivity contribution in [3.8, 4) is 0 Å². The van der Waals surface area contributed by atoms with Gasteiger partial charge in [0.1, 0.15) is 5.69 Å². The number of hydrogen-bond donors (Lipinski definition) is 2. The zero-order valence-corrected chi connectivity index (χ0v) is 10.7. The van der Waals surface area contributed by atoms with Crippen molar-refractivity contribution in [3.63, 3.8) is 0 Å². The molecule has 0 saturated carbocycles. The van der Waals surface area contributed by atoms with E-state index in [-0.39, 0.29) is 16.3 Å². The first-order valence-electron chi connectivity index (χ1n) is 5.23. The molecule has 0 aliphatic carbocycles. The monoisotopic (exact) mass is 254 g/mol. The molecule has 17 heavy (non-hydrogen) atoms. The second-order valence-electron chi connectivity index (χ2n) is 4.65. The van der Waals surface area contributed by atoms with Gasteiger partial charge in [0, 0.05) is 24.4 Å². The molecule has 1 aromatic rings. The largest absolute Gasteiger partial charge is 0.477 e. The number of carboxylic acid groups (broad SMARTS) is 1. The van der Waals surface area contributed by atoms with E-state index >= 15 is 0 Å². The minimum atomic E-state index is -1.00. The van der Waals surface area contributed by atoms with Crippen LogP contribution in [0.25, 0.3) is 0 Å². The Bertz CT molecular complexity index is 493. The molecule has 0 fully saturated rings. The maximum absolute atomic E-state index is 11.6. The van der Waals surface area contributed by atoms with Gasteiger partial charge in [-0.3, -0.25) is 4.79 Å². The lowest BCUT2D eigenvalue weighted by Gasteiger charge is -2.36. The number of carbonyl (C=O) groups is 2. The third-order valence-electron chi connectivity index (χ3n) is 2.61. The number of nitrogens with one attached hydrogen (secondary N) is 1. The topological polar surface area (TPSA) is 73.4 Å². The van der Waals surface area contributed by atoms with Crippen LogP contribution < -0.4 is 4.90 Å². The maximum Gasteiger partial charge on any atom is 0.353 e. The number of aromatic amines is 1. The van der Waals surface area contributed by atoms with Gasteiger partial charge in [0.05, 0.1) is 10.6 Å². The van der Waals surface area contributed by atoms with Gasteiger partial charge in [0.2, 0.25) is 5.91 Å². The summed E-state index contributed by atoms with van der Waals surface area (Å²) < 4.78 is -0.189. The van der Waals surface area contributed by atoms with E-state index in [9.17, 15) is 9.59 Å². The number of hydrogen-bond acceptors (Lipinski definition) is 3. The van der Waals surface area contributed by atoms with Gasteiger partial charge in [-0.25, -0.2) is 4.79 Å². The number of nitrogens with zero attached hydrogens (tertiary/aromatic N) is 1. The van der Waals surface area contributed by atoms with Crippen LogP contribution in [-0.2, 0) is 4.79 Å². The summed E-state index contributed by atoms with van der Waals surface area (Å²) in [7, 11) is 0. The Labute approximate surface area is 103 Å². The van der Waals surface area contributed by atoms with Gasteiger partial charge in [-0.1, -0.05) is 0 Å². The number of carboxylic acids is 1. The first-order chi connectivity index (χ1) is 7.82. The molecule has 0 bridgehead atoms. The van der Waals surface area contributed by atoms with Crippen molar-refractivity contribution >= 4 is 29.3 Å². The molecule has 2 heterocycles. The standard InChI is InChI=1S/C11H14N2O3S/c1-6(14)13-5-11(2,3)17-9-7(13)4-12-8(9)10(15)16/h4,12H,5H2,1-3H3,(H,15,16). The molecule has 1 aromatic heterocycles. The van der Waals surface area contributed by atoms with Crippen molar-refractivity contribution in [2.75, 3.05) is 11.4 Å². The van der Waals surface area contributed by atoms with Gasteiger partial charge in [0.25, 0.3) is 0 Å². The van der Waals surface area contributed by atoms with Crippen LogP contribution in [0.4, 0.5) is 5.69 Å². The number of anilines is 1. The van der Waals surface area contributed by atoms with E-state index in [4.69, 9.17) is 5.11 Å². The number of thioether (sulfide) groups is 1. The molecule has 92 valence electrons. The van der Waals surface area contributed by atoms with E-state index in [0.29, 0.717) is 17.1 Å². The summed E-state index contributed by atoms with van der Waals surface area (Å²) >= 11 is 1.49. The molecule has 1 amide bonds. The highest BCUT2D eigenvalue weighted by Gasteiger charge is 2.36. The Morgan fingerprint density at radius 1 is 1.53 bits per heavy atom. The van der Waals surface area contributed by atoms with Crippen LogP contribution in [0.1, 0.15) is 31.3 Å². The minimum absolute atomic E-state index is 0.0736. The van der Waals surface area contributed by atoms with Crippen LogP contribution in [0.3, 0.4) is 0 Å². The summed E-state index contributed by atoms with van der Waals surface area (Å²) in [5.74, 6) is -1.07. The molecule has 2 N–H and O–H groups in total. The molecule has 0 aromatic carbocycles. The van der Waals surface area contributed by atoms with E-state index < -0.39 is 5.97 Å². The van der Waals surface area contributed by atoms with Gasteiger partial charge in [0.15, 0.2) is 0 Å². The zero-order chi connectivity index (χ0) is 12.8. The Morgan fingerprint density at radius 3 is 2.71 bits per heavy atom. The molecule has 1 aliphatic rings. The van der Waals surface area contributed by atoms with Gasteiger partial charge < -0.3 is 15.0 Å². The number of amides is 1. The smallest absolute Gasteiger partial charge is 0.353 e. The Kier molecular flexibility index (Phi) is 2.69. The summed E-state index contributed by atoms with van der Waals surface area (Å²) in [6, 6.07) is 0. The summed E-state index contributed by atoms with van der Waals surface area (Å²) in [4.78, 5) is 27.6. The van der Waals surface area contributed by atoms with Crippen molar-refractivity contribution in [2.24, 2.45) is 0 Å². The highest BCUT2D eigenvalue weighted by molar-refractivity contribution is 8.01. The van der Waals surface area contributed by atoms with Gasteiger partial charge in [-0.05, 0) is 13.8 Å². The fourth-order valence-electron chi connectivity index (χ4n) is 1.92. The lowest BCUT2D eigenvalue weighted by Crippen LogP contribution is -2.42. The number of rotatable bonds is 1. The molecule has 0 spiro atoms. The molecule has 1 aliphatic heterocycles. The van der Waals surface area contributed by atoms with E-state index in [2.05, 4.69) is 4.98 Å². The van der Waals surface area contributed by atoms with E-state index in [0.717, 1.165) is 0 Å². The SMILES string of the molecule is CC(=O)N1CC(C)(C)Sc2c1c[nH]c2C(=O)O. The van der Waals surface area contributed by atoms with Crippen molar-refractivity contribution in [1.82, 2.24) is 4.98 Å². The Hall–Kier alpha value is -1.43. The molecule has 0 atom stereocenters. The Morgan fingerprint density at radius 2 is 2.18 bits per heavy atom. The molecule has 5 nitrogen and oxygen atoms in total.